The molecule has 4 fully saturated rings. The van der Waals surface area contributed by atoms with Crippen LogP contribution < -0.4 is 5.32 Å². The summed E-state index contributed by atoms with van der Waals surface area (Å²) in [7, 11) is 0. The molecular formula is C25H36N2O5. The van der Waals surface area contributed by atoms with Gasteiger partial charge < -0.3 is 15.5 Å². The van der Waals surface area contributed by atoms with Gasteiger partial charge in [-0.25, -0.2) is 0 Å². The minimum absolute atomic E-state index is 0.0994. The van der Waals surface area contributed by atoms with Gasteiger partial charge in [-0.05, 0) is 54.6 Å². The van der Waals surface area contributed by atoms with Crippen molar-refractivity contribution < 1.29 is 24.6 Å². The summed E-state index contributed by atoms with van der Waals surface area (Å²) in [5.41, 5.74) is 1.70. The zero-order chi connectivity index (χ0) is 23.2. The molecule has 0 aromatic heterocycles. The van der Waals surface area contributed by atoms with Crippen LogP contribution in [0.5, 0.6) is 0 Å². The third-order valence-corrected chi connectivity index (χ3v) is 8.49. The largest absolute Gasteiger partial charge is 0.394 e. The maximum absolute atomic E-state index is 13.6. The second-order valence-corrected chi connectivity index (χ2v) is 10.6. The number of hydroxylamine groups is 2. The van der Waals surface area contributed by atoms with Crippen LogP contribution in [0.1, 0.15) is 56.5 Å². The van der Waals surface area contributed by atoms with Crippen molar-refractivity contribution in [2.45, 2.75) is 71.4 Å². The highest BCUT2D eigenvalue weighted by atomic mass is 16.7. The second-order valence-electron chi connectivity index (χ2n) is 10.6. The lowest BCUT2D eigenvalue weighted by molar-refractivity contribution is -0.183. The standard InChI is InChI=1S/C25H36N2O5/c1-14-19-9-18(25(19,3)4)10-20(14)26-24(31)23-22(15(2)30)21(13-29)32-27(23)11-16-6-5-7-17(8-16)12-28/h5-8,12,14-15,18-23,29-30H,9-11,13H2,1-4H3,(H,26,31)/t14?,15-,18+,19?,20-,21-,22+,23?/m0/s1. The van der Waals surface area contributed by atoms with E-state index in [9.17, 15) is 19.8 Å². The highest BCUT2D eigenvalue weighted by molar-refractivity contribution is 5.83. The summed E-state index contributed by atoms with van der Waals surface area (Å²) in [4.78, 5) is 30.7. The van der Waals surface area contributed by atoms with Crippen molar-refractivity contribution in [3.05, 3.63) is 35.4 Å². The molecule has 3 N–H and O–H groups in total. The maximum Gasteiger partial charge on any atom is 0.240 e. The zero-order valence-electron chi connectivity index (χ0n) is 19.4. The summed E-state index contributed by atoms with van der Waals surface area (Å²) in [6.07, 6.45) is 1.48. The quantitative estimate of drug-likeness (QED) is 0.558. The third kappa shape index (κ3) is 4.00. The molecule has 7 heteroatoms. The molecule has 3 aliphatic carbocycles. The Morgan fingerprint density at radius 3 is 2.72 bits per heavy atom. The molecule has 0 radical (unpaired) electrons. The van der Waals surface area contributed by atoms with Crippen molar-refractivity contribution in [2.75, 3.05) is 6.61 Å². The Morgan fingerprint density at radius 1 is 1.38 bits per heavy atom. The topological polar surface area (TPSA) is 99.1 Å². The van der Waals surface area contributed by atoms with Crippen LogP contribution in [0.15, 0.2) is 24.3 Å². The molecule has 2 bridgehead atoms. The van der Waals surface area contributed by atoms with Gasteiger partial charge in [0.25, 0.3) is 0 Å². The number of rotatable bonds is 7. The van der Waals surface area contributed by atoms with Gasteiger partial charge in [0.05, 0.1) is 19.3 Å². The van der Waals surface area contributed by atoms with Crippen molar-refractivity contribution >= 4 is 12.2 Å². The van der Waals surface area contributed by atoms with E-state index >= 15 is 0 Å². The van der Waals surface area contributed by atoms with Gasteiger partial charge in [-0.3, -0.25) is 14.4 Å². The molecule has 1 heterocycles. The average molecular weight is 445 g/mol. The molecule has 176 valence electrons. The normalized spacial score (nSPS) is 36.9. The number of amides is 1. The number of aliphatic hydroxyl groups is 2. The number of hydrogen-bond donors (Lipinski definition) is 3. The van der Waals surface area contributed by atoms with E-state index in [1.807, 2.05) is 6.07 Å². The predicted molar refractivity (Wildman–Crippen MR) is 119 cm³/mol. The van der Waals surface area contributed by atoms with Crippen molar-refractivity contribution in [2.24, 2.45) is 29.1 Å². The van der Waals surface area contributed by atoms with E-state index in [2.05, 4.69) is 26.1 Å². The molecule has 3 saturated carbocycles. The van der Waals surface area contributed by atoms with E-state index in [1.165, 1.54) is 6.42 Å². The van der Waals surface area contributed by atoms with Crippen LogP contribution in [0.2, 0.25) is 0 Å². The van der Waals surface area contributed by atoms with Crippen LogP contribution in [0, 0.1) is 29.1 Å². The Kier molecular flexibility index (Phi) is 6.47. The summed E-state index contributed by atoms with van der Waals surface area (Å²) >= 11 is 0. The fourth-order valence-corrected chi connectivity index (χ4v) is 6.43. The SMILES string of the molecule is CC1C2C[C@H](C[C@@H]1NC(=O)C1[C@H]([C@H](C)O)[C@H](CO)ON1Cc1cccc(C=O)c1)C2(C)C. The molecule has 1 aliphatic heterocycles. The number of nitrogens with one attached hydrogen (secondary N) is 1. The van der Waals surface area contributed by atoms with Gasteiger partial charge in [0.15, 0.2) is 0 Å². The summed E-state index contributed by atoms with van der Waals surface area (Å²) in [6.45, 7) is 8.50. The molecule has 3 unspecified atom stereocenters. The van der Waals surface area contributed by atoms with Gasteiger partial charge in [-0.15, -0.1) is 0 Å². The smallest absolute Gasteiger partial charge is 0.240 e. The summed E-state index contributed by atoms with van der Waals surface area (Å²) in [5, 5.41) is 25.2. The molecule has 32 heavy (non-hydrogen) atoms. The fourth-order valence-electron chi connectivity index (χ4n) is 6.43. The van der Waals surface area contributed by atoms with E-state index in [0.29, 0.717) is 28.7 Å². The van der Waals surface area contributed by atoms with Crippen molar-refractivity contribution in [3.8, 4) is 0 Å². The van der Waals surface area contributed by atoms with Gasteiger partial charge in [-0.2, -0.15) is 5.06 Å². The minimum Gasteiger partial charge on any atom is -0.394 e. The van der Waals surface area contributed by atoms with Crippen molar-refractivity contribution in [3.63, 3.8) is 0 Å². The number of fused-ring (bicyclic) bond motifs is 2. The Labute approximate surface area is 190 Å². The van der Waals surface area contributed by atoms with E-state index in [4.69, 9.17) is 4.84 Å². The highest BCUT2D eigenvalue weighted by Gasteiger charge is 2.57. The van der Waals surface area contributed by atoms with Gasteiger partial charge in [0.1, 0.15) is 18.4 Å². The number of aldehydes is 1. The van der Waals surface area contributed by atoms with Crippen LogP contribution in [0.3, 0.4) is 0 Å². The Hall–Kier alpha value is -1.80. The first-order chi connectivity index (χ1) is 15.2. The summed E-state index contributed by atoms with van der Waals surface area (Å²) < 4.78 is 0. The second kappa shape index (κ2) is 8.86. The number of hydrogen-bond acceptors (Lipinski definition) is 6. The number of nitrogens with zero attached hydrogens (tertiary/aromatic N) is 1. The molecule has 1 amide bonds. The molecule has 1 aromatic carbocycles. The summed E-state index contributed by atoms with van der Waals surface area (Å²) in [6, 6.07) is 6.50. The molecule has 8 atom stereocenters. The van der Waals surface area contributed by atoms with E-state index < -0.39 is 24.2 Å². The monoisotopic (exact) mass is 444 g/mol. The number of carbonyl (C=O) groups excluding carboxylic acids is 2. The first kappa shape index (κ1) is 23.4. The number of benzene rings is 1. The number of aliphatic hydroxyl groups excluding tert-OH is 2. The highest BCUT2D eigenvalue weighted by Crippen LogP contribution is 2.61. The van der Waals surface area contributed by atoms with Crippen LogP contribution in [0.25, 0.3) is 0 Å². The van der Waals surface area contributed by atoms with Crippen molar-refractivity contribution in [1.82, 2.24) is 10.4 Å². The van der Waals surface area contributed by atoms with Crippen LogP contribution in [0.4, 0.5) is 0 Å². The van der Waals surface area contributed by atoms with Crippen LogP contribution >= 0.6 is 0 Å². The first-order valence-corrected chi connectivity index (χ1v) is 11.7. The Balaban J connectivity index is 1.54. The Bertz CT molecular complexity index is 856. The molecule has 4 aliphatic rings. The third-order valence-electron chi connectivity index (χ3n) is 8.49. The molecule has 1 aromatic rings. The van der Waals surface area contributed by atoms with Crippen molar-refractivity contribution in [1.29, 1.82) is 0 Å². The van der Waals surface area contributed by atoms with Gasteiger partial charge >= 0.3 is 0 Å². The van der Waals surface area contributed by atoms with Gasteiger partial charge in [-0.1, -0.05) is 39.0 Å². The molecule has 1 saturated heterocycles. The lowest BCUT2D eigenvalue weighted by Gasteiger charge is -2.62. The molecule has 7 nitrogen and oxygen atoms in total. The zero-order valence-corrected chi connectivity index (χ0v) is 19.4. The predicted octanol–water partition coefficient (Wildman–Crippen LogP) is 2.16. The first-order valence-electron chi connectivity index (χ1n) is 11.7. The molecule has 0 spiro atoms. The van der Waals surface area contributed by atoms with Gasteiger partial charge in [0.2, 0.25) is 5.91 Å². The fraction of sp³-hybridized carbons (Fsp3) is 0.680. The van der Waals surface area contributed by atoms with Crippen LogP contribution in [-0.2, 0) is 16.2 Å². The van der Waals surface area contributed by atoms with Gasteiger partial charge in [0, 0.05) is 17.5 Å². The number of carbonyl (C=O) groups is 2. The minimum atomic E-state index is -0.828. The Morgan fingerprint density at radius 2 is 2.12 bits per heavy atom. The molecular weight excluding hydrogens is 408 g/mol. The average Bonchev–Trinajstić information content (AvgIpc) is 3.13. The summed E-state index contributed by atoms with van der Waals surface area (Å²) in [5.74, 6) is 0.881. The van der Waals surface area contributed by atoms with E-state index in [1.54, 1.807) is 30.2 Å². The molecule has 5 rings (SSSR count). The van der Waals surface area contributed by atoms with Crippen LogP contribution in [-0.4, -0.2) is 58.4 Å². The van der Waals surface area contributed by atoms with E-state index in [0.717, 1.165) is 18.3 Å². The lowest BCUT2D eigenvalue weighted by Crippen LogP contribution is -2.62. The maximum atomic E-state index is 13.6. The lowest BCUT2D eigenvalue weighted by atomic mass is 9.45. The van der Waals surface area contributed by atoms with E-state index in [-0.39, 0.29) is 25.1 Å².